The van der Waals surface area contributed by atoms with E-state index in [2.05, 4.69) is 20.4 Å². The maximum absolute atomic E-state index is 12.9. The fraction of sp³-hybridized carbons (Fsp3) is 0.318. The molecule has 0 bridgehead atoms. The van der Waals surface area contributed by atoms with E-state index in [1.165, 1.54) is 4.90 Å². The molecule has 0 spiro atoms. The van der Waals surface area contributed by atoms with Gasteiger partial charge in [-0.25, -0.2) is 0 Å². The lowest BCUT2D eigenvalue weighted by atomic mass is 10.1. The monoisotopic (exact) mass is 420 g/mol. The van der Waals surface area contributed by atoms with Crippen molar-refractivity contribution in [2.45, 2.75) is 25.6 Å². The second kappa shape index (κ2) is 9.48. The summed E-state index contributed by atoms with van der Waals surface area (Å²) in [5, 5.41) is 6.84. The molecule has 3 aromatic rings. The number of carbonyl (C=O) groups is 2. The lowest BCUT2D eigenvalue weighted by Crippen LogP contribution is -2.56. The summed E-state index contributed by atoms with van der Waals surface area (Å²) in [5.74, 6) is 0.513. The molecular formula is C22H24N6O3. The van der Waals surface area contributed by atoms with Crippen LogP contribution in [0.3, 0.4) is 0 Å². The molecule has 1 saturated heterocycles. The number of nitrogens with zero attached hydrogens (tertiary/aromatic N) is 5. The van der Waals surface area contributed by atoms with Gasteiger partial charge in [0.2, 0.25) is 23.5 Å². The lowest BCUT2D eigenvalue weighted by molar-refractivity contribution is -0.138. The zero-order chi connectivity index (χ0) is 21.6. The van der Waals surface area contributed by atoms with E-state index in [-0.39, 0.29) is 24.8 Å². The van der Waals surface area contributed by atoms with Crippen molar-refractivity contribution in [3.05, 3.63) is 66.3 Å². The molecule has 31 heavy (non-hydrogen) atoms. The number of benzene rings is 1. The number of carbonyl (C=O) groups excluding carboxylic acids is 2. The van der Waals surface area contributed by atoms with Crippen LogP contribution in [-0.4, -0.2) is 62.9 Å². The van der Waals surface area contributed by atoms with Crippen molar-refractivity contribution in [2.75, 3.05) is 20.1 Å². The van der Waals surface area contributed by atoms with E-state index in [1.54, 1.807) is 19.4 Å². The van der Waals surface area contributed by atoms with Crippen molar-refractivity contribution < 1.29 is 14.1 Å². The predicted octanol–water partition coefficient (Wildman–Crippen LogP) is 1.48. The Morgan fingerprint density at radius 3 is 2.87 bits per heavy atom. The first-order chi connectivity index (χ1) is 15.1. The summed E-state index contributed by atoms with van der Waals surface area (Å²) in [6.45, 7) is 1.97. The van der Waals surface area contributed by atoms with E-state index in [0.717, 1.165) is 11.1 Å². The molecule has 1 N–H and O–H groups in total. The topological polar surface area (TPSA) is 104 Å². The first kappa shape index (κ1) is 20.7. The van der Waals surface area contributed by atoms with Gasteiger partial charge in [-0.15, -0.1) is 0 Å². The Morgan fingerprint density at radius 2 is 2.10 bits per heavy atom. The highest BCUT2D eigenvalue weighted by Gasteiger charge is 2.32. The summed E-state index contributed by atoms with van der Waals surface area (Å²) < 4.78 is 5.30. The maximum Gasteiger partial charge on any atom is 0.246 e. The summed E-state index contributed by atoms with van der Waals surface area (Å²) >= 11 is 0. The molecular weight excluding hydrogens is 396 g/mol. The van der Waals surface area contributed by atoms with Crippen LogP contribution < -0.4 is 5.32 Å². The summed E-state index contributed by atoms with van der Waals surface area (Å²) in [6.07, 6.45) is 3.56. The van der Waals surface area contributed by atoms with Crippen LogP contribution in [0, 0.1) is 0 Å². The minimum Gasteiger partial charge on any atom is -0.353 e. The van der Waals surface area contributed by atoms with Crippen molar-refractivity contribution in [3.8, 4) is 11.4 Å². The summed E-state index contributed by atoms with van der Waals surface area (Å²) in [6, 6.07) is 12.8. The normalized spacial score (nSPS) is 16.7. The molecule has 1 fully saturated rings. The van der Waals surface area contributed by atoms with Gasteiger partial charge in [0, 0.05) is 44.6 Å². The first-order valence-corrected chi connectivity index (χ1v) is 10.1. The SMILES string of the molecule is CN(Cc1nc(-c2ccccc2)no1)C(=O)C[C@@H]1C(=O)NCCN1Cc1cccnc1. The summed E-state index contributed by atoms with van der Waals surface area (Å²) in [4.78, 5) is 37.4. The van der Waals surface area contributed by atoms with Crippen molar-refractivity contribution in [1.82, 2.24) is 30.2 Å². The number of hydrogen-bond acceptors (Lipinski definition) is 7. The highest BCUT2D eigenvalue weighted by molar-refractivity contribution is 5.88. The molecule has 0 aliphatic carbocycles. The fourth-order valence-corrected chi connectivity index (χ4v) is 3.54. The van der Waals surface area contributed by atoms with Gasteiger partial charge < -0.3 is 14.7 Å². The first-order valence-electron chi connectivity index (χ1n) is 10.1. The largest absolute Gasteiger partial charge is 0.353 e. The molecule has 2 aromatic heterocycles. The molecule has 0 saturated carbocycles. The quantitative estimate of drug-likeness (QED) is 0.617. The van der Waals surface area contributed by atoms with Gasteiger partial charge in [-0.1, -0.05) is 41.6 Å². The highest BCUT2D eigenvalue weighted by Crippen LogP contribution is 2.17. The Morgan fingerprint density at radius 1 is 1.26 bits per heavy atom. The molecule has 9 nitrogen and oxygen atoms in total. The second-order valence-corrected chi connectivity index (χ2v) is 7.47. The van der Waals surface area contributed by atoms with Crippen molar-refractivity contribution in [1.29, 1.82) is 0 Å². The van der Waals surface area contributed by atoms with Gasteiger partial charge in [0.05, 0.1) is 19.0 Å². The zero-order valence-electron chi connectivity index (χ0n) is 17.3. The van der Waals surface area contributed by atoms with E-state index >= 15 is 0 Å². The fourth-order valence-electron chi connectivity index (χ4n) is 3.54. The van der Waals surface area contributed by atoms with E-state index in [0.29, 0.717) is 31.3 Å². The average Bonchev–Trinajstić information content (AvgIpc) is 3.26. The van der Waals surface area contributed by atoms with Gasteiger partial charge in [-0.05, 0) is 11.6 Å². The zero-order valence-corrected chi connectivity index (χ0v) is 17.3. The smallest absolute Gasteiger partial charge is 0.246 e. The van der Waals surface area contributed by atoms with Gasteiger partial charge in [0.15, 0.2) is 0 Å². The average molecular weight is 420 g/mol. The molecule has 160 valence electrons. The molecule has 1 atom stereocenters. The molecule has 0 radical (unpaired) electrons. The van der Waals surface area contributed by atoms with E-state index in [4.69, 9.17) is 4.52 Å². The van der Waals surface area contributed by atoms with Gasteiger partial charge >= 0.3 is 0 Å². The van der Waals surface area contributed by atoms with E-state index in [1.807, 2.05) is 47.4 Å². The van der Waals surface area contributed by atoms with Crippen molar-refractivity contribution in [2.24, 2.45) is 0 Å². The van der Waals surface area contributed by atoms with E-state index in [9.17, 15) is 9.59 Å². The van der Waals surface area contributed by atoms with Gasteiger partial charge in [-0.3, -0.25) is 19.5 Å². The van der Waals surface area contributed by atoms with Crippen LogP contribution in [0.4, 0.5) is 0 Å². The standard InChI is InChI=1S/C22H24N6O3/c1-27(15-19-25-21(26-31-19)17-7-3-2-4-8-17)20(29)12-18-22(30)24-10-11-28(18)14-16-6-5-9-23-13-16/h2-9,13,18H,10-12,14-15H2,1H3,(H,24,30)/t18-/m1/s1. The Hall–Kier alpha value is -3.59. The van der Waals surface area contributed by atoms with Crippen LogP contribution in [0.5, 0.6) is 0 Å². The third-order valence-electron chi connectivity index (χ3n) is 5.22. The third kappa shape index (κ3) is 5.13. The van der Waals surface area contributed by atoms with Gasteiger partial charge in [-0.2, -0.15) is 4.98 Å². The Bertz CT molecular complexity index is 1020. The summed E-state index contributed by atoms with van der Waals surface area (Å²) in [5.41, 5.74) is 1.85. The number of pyridine rings is 1. The molecule has 1 aliphatic rings. The van der Waals surface area contributed by atoms with Crippen LogP contribution in [0.25, 0.3) is 11.4 Å². The molecule has 9 heteroatoms. The van der Waals surface area contributed by atoms with Crippen molar-refractivity contribution >= 4 is 11.8 Å². The van der Waals surface area contributed by atoms with Crippen LogP contribution >= 0.6 is 0 Å². The molecule has 2 amide bonds. The predicted molar refractivity (Wildman–Crippen MR) is 112 cm³/mol. The van der Waals surface area contributed by atoms with Gasteiger partial charge in [0.25, 0.3) is 0 Å². The van der Waals surface area contributed by atoms with Crippen molar-refractivity contribution in [3.63, 3.8) is 0 Å². The Balaban J connectivity index is 1.39. The highest BCUT2D eigenvalue weighted by atomic mass is 16.5. The van der Waals surface area contributed by atoms with Crippen LogP contribution in [-0.2, 0) is 22.7 Å². The minimum absolute atomic E-state index is 0.0717. The van der Waals surface area contributed by atoms with Crippen LogP contribution in [0.1, 0.15) is 17.9 Å². The molecule has 3 heterocycles. The van der Waals surface area contributed by atoms with Crippen LogP contribution in [0.15, 0.2) is 59.4 Å². The maximum atomic E-state index is 12.9. The molecule has 0 unspecified atom stereocenters. The number of amides is 2. The lowest BCUT2D eigenvalue weighted by Gasteiger charge is -2.35. The molecule has 1 aliphatic heterocycles. The number of rotatable bonds is 7. The number of aromatic nitrogens is 3. The Kier molecular flexibility index (Phi) is 6.32. The minimum atomic E-state index is -0.536. The van der Waals surface area contributed by atoms with E-state index < -0.39 is 6.04 Å². The number of hydrogen-bond donors (Lipinski definition) is 1. The third-order valence-corrected chi connectivity index (χ3v) is 5.22. The molecule has 4 rings (SSSR count). The number of nitrogens with one attached hydrogen (secondary N) is 1. The Labute approximate surface area is 180 Å². The van der Waals surface area contributed by atoms with Gasteiger partial charge in [0.1, 0.15) is 0 Å². The second-order valence-electron chi connectivity index (χ2n) is 7.47. The van der Waals surface area contributed by atoms with Crippen LogP contribution in [0.2, 0.25) is 0 Å². The number of piperazine rings is 1. The summed E-state index contributed by atoms with van der Waals surface area (Å²) in [7, 11) is 1.67. The molecule has 1 aromatic carbocycles.